The van der Waals surface area contributed by atoms with Crippen molar-refractivity contribution in [3.8, 4) is 11.1 Å². The second-order valence-corrected chi connectivity index (χ2v) is 9.63. The second-order valence-electron chi connectivity index (χ2n) is 9.23. The van der Waals surface area contributed by atoms with Gasteiger partial charge in [0.05, 0.1) is 11.6 Å². The number of piperidine rings is 1. The summed E-state index contributed by atoms with van der Waals surface area (Å²) in [5.41, 5.74) is 4.00. The first-order chi connectivity index (χ1) is 17.5. The fraction of sp³-hybridized carbons (Fsp3) is 0.393. The Morgan fingerprint density at radius 3 is 2.58 bits per heavy atom. The maximum Gasteiger partial charge on any atom is 0.181 e. The third-order valence-electron chi connectivity index (χ3n) is 6.90. The molecule has 36 heavy (non-hydrogen) atoms. The number of hydrogen-bond donors (Lipinski definition) is 3. The van der Waals surface area contributed by atoms with Gasteiger partial charge in [-0.3, -0.25) is 10.3 Å². The van der Waals surface area contributed by atoms with Gasteiger partial charge in [0.25, 0.3) is 0 Å². The van der Waals surface area contributed by atoms with Crippen molar-refractivity contribution < 1.29 is 14.2 Å². The molecule has 1 aliphatic rings. The largest absolute Gasteiger partial charge is 0.383 e. The second kappa shape index (κ2) is 13.1. The minimum absolute atomic E-state index is 0.0130. The Hall–Kier alpha value is -2.55. The summed E-state index contributed by atoms with van der Waals surface area (Å²) in [6.45, 7) is 4.37. The van der Waals surface area contributed by atoms with Crippen molar-refractivity contribution in [2.45, 2.75) is 25.1 Å². The molecule has 2 aromatic carbocycles. The molecule has 0 aliphatic carbocycles. The van der Waals surface area contributed by atoms with Crippen molar-refractivity contribution in [1.29, 1.82) is 0 Å². The maximum absolute atomic E-state index is 13.5. The first-order valence-electron chi connectivity index (χ1n) is 12.4. The molecule has 6 nitrogen and oxygen atoms in total. The van der Waals surface area contributed by atoms with Crippen LogP contribution >= 0.6 is 11.6 Å². The average Bonchev–Trinajstić information content (AvgIpc) is 2.91. The van der Waals surface area contributed by atoms with E-state index in [4.69, 9.17) is 16.3 Å². The van der Waals surface area contributed by atoms with Crippen molar-refractivity contribution in [2.24, 2.45) is 5.92 Å². The van der Waals surface area contributed by atoms with Gasteiger partial charge in [0.15, 0.2) is 6.35 Å². The molecule has 1 aliphatic heterocycles. The standard InChI is InChI=1S/C28H34ClFN4O2/c1-36-16-15-34-13-10-22(11-14-34)25(19-32-28(35)33-24-8-9-27(30)26(29)17-24)21-6-4-20(5-7-21)23-3-2-12-31-18-23/h2-9,12,17-18,22,25,28,32-33,35H,10-11,13-16,19H2,1H3. The molecule has 0 saturated carbocycles. The lowest BCUT2D eigenvalue weighted by atomic mass is 9.79. The number of nitrogens with one attached hydrogen (secondary N) is 2. The Bertz CT molecular complexity index is 1080. The molecule has 2 atom stereocenters. The molecule has 4 rings (SSSR count). The van der Waals surface area contributed by atoms with Gasteiger partial charge in [-0.2, -0.15) is 0 Å². The highest BCUT2D eigenvalue weighted by Crippen LogP contribution is 2.33. The predicted octanol–water partition coefficient (Wildman–Crippen LogP) is 4.96. The summed E-state index contributed by atoms with van der Waals surface area (Å²) in [7, 11) is 1.74. The summed E-state index contributed by atoms with van der Waals surface area (Å²) in [5.74, 6) is 0.218. The average molecular weight is 513 g/mol. The van der Waals surface area contributed by atoms with Crippen LogP contribution in [0, 0.1) is 11.7 Å². The normalized spacial score (nSPS) is 16.6. The summed E-state index contributed by atoms with van der Waals surface area (Å²) in [6.07, 6.45) is 4.81. The number of benzene rings is 2. The molecule has 1 aromatic heterocycles. The number of likely N-dealkylation sites (tertiary alicyclic amines) is 1. The third-order valence-corrected chi connectivity index (χ3v) is 7.19. The molecule has 3 aromatic rings. The van der Waals surface area contributed by atoms with E-state index in [1.54, 1.807) is 19.4 Å². The van der Waals surface area contributed by atoms with Crippen molar-refractivity contribution in [3.05, 3.63) is 83.4 Å². The van der Waals surface area contributed by atoms with Crippen LogP contribution in [-0.2, 0) is 4.74 Å². The van der Waals surface area contributed by atoms with E-state index in [0.717, 1.165) is 50.2 Å². The number of pyridine rings is 1. The lowest BCUT2D eigenvalue weighted by Crippen LogP contribution is -2.42. The van der Waals surface area contributed by atoms with Crippen LogP contribution < -0.4 is 10.6 Å². The number of aliphatic hydroxyl groups excluding tert-OH is 1. The molecule has 0 spiro atoms. The van der Waals surface area contributed by atoms with Crippen molar-refractivity contribution >= 4 is 17.3 Å². The number of hydrogen-bond acceptors (Lipinski definition) is 6. The van der Waals surface area contributed by atoms with E-state index in [1.165, 1.54) is 17.7 Å². The molecule has 0 amide bonds. The van der Waals surface area contributed by atoms with Crippen molar-refractivity contribution in [1.82, 2.24) is 15.2 Å². The Labute approximate surface area is 217 Å². The van der Waals surface area contributed by atoms with Crippen LogP contribution in [0.5, 0.6) is 0 Å². The quantitative estimate of drug-likeness (QED) is 0.315. The lowest BCUT2D eigenvalue weighted by Gasteiger charge is -2.37. The van der Waals surface area contributed by atoms with Crippen LogP contribution in [0.1, 0.15) is 24.3 Å². The van der Waals surface area contributed by atoms with Gasteiger partial charge in [-0.25, -0.2) is 4.39 Å². The number of ether oxygens (including phenoxy) is 1. The molecule has 192 valence electrons. The smallest absolute Gasteiger partial charge is 0.181 e. The van der Waals surface area contributed by atoms with Crippen LogP contribution in [0.4, 0.5) is 10.1 Å². The van der Waals surface area contributed by atoms with Gasteiger partial charge in [-0.15, -0.1) is 0 Å². The van der Waals surface area contributed by atoms with E-state index < -0.39 is 12.2 Å². The zero-order valence-electron chi connectivity index (χ0n) is 20.5. The van der Waals surface area contributed by atoms with Gasteiger partial charge in [-0.1, -0.05) is 41.9 Å². The van der Waals surface area contributed by atoms with E-state index in [0.29, 0.717) is 18.2 Å². The zero-order chi connectivity index (χ0) is 25.3. The molecular weight excluding hydrogens is 479 g/mol. The van der Waals surface area contributed by atoms with Gasteiger partial charge < -0.3 is 20.1 Å². The Balaban J connectivity index is 1.44. The van der Waals surface area contributed by atoms with Gasteiger partial charge >= 0.3 is 0 Å². The fourth-order valence-electron chi connectivity index (χ4n) is 4.85. The van der Waals surface area contributed by atoms with E-state index in [9.17, 15) is 9.50 Å². The highest BCUT2D eigenvalue weighted by Gasteiger charge is 2.28. The molecule has 0 bridgehead atoms. The number of halogens is 2. The number of rotatable bonds is 11. The number of nitrogens with zero attached hydrogens (tertiary/aromatic N) is 2. The first-order valence-corrected chi connectivity index (χ1v) is 12.8. The Kier molecular flexibility index (Phi) is 9.67. The molecule has 2 unspecified atom stereocenters. The number of methoxy groups -OCH3 is 1. The Morgan fingerprint density at radius 1 is 1.14 bits per heavy atom. The summed E-state index contributed by atoms with van der Waals surface area (Å²) in [5, 5.41) is 16.8. The Morgan fingerprint density at radius 2 is 1.92 bits per heavy atom. The summed E-state index contributed by atoms with van der Waals surface area (Å²) in [6, 6.07) is 16.9. The minimum Gasteiger partial charge on any atom is -0.383 e. The highest BCUT2D eigenvalue weighted by atomic mass is 35.5. The summed E-state index contributed by atoms with van der Waals surface area (Å²) in [4.78, 5) is 6.68. The molecule has 8 heteroatoms. The molecule has 1 fully saturated rings. The predicted molar refractivity (Wildman–Crippen MR) is 142 cm³/mol. The summed E-state index contributed by atoms with van der Waals surface area (Å²) < 4.78 is 18.7. The monoisotopic (exact) mass is 512 g/mol. The number of aromatic nitrogens is 1. The lowest BCUT2D eigenvalue weighted by molar-refractivity contribution is 0.109. The van der Waals surface area contributed by atoms with Crippen LogP contribution in [0.3, 0.4) is 0 Å². The third kappa shape index (κ3) is 7.24. The van der Waals surface area contributed by atoms with Crippen LogP contribution in [0.2, 0.25) is 5.02 Å². The zero-order valence-corrected chi connectivity index (χ0v) is 21.3. The van der Waals surface area contributed by atoms with Gasteiger partial charge in [-0.05, 0) is 78.7 Å². The van der Waals surface area contributed by atoms with Crippen LogP contribution in [0.15, 0.2) is 67.0 Å². The highest BCUT2D eigenvalue weighted by molar-refractivity contribution is 6.31. The molecule has 2 heterocycles. The van der Waals surface area contributed by atoms with Crippen LogP contribution in [-0.4, -0.2) is 61.2 Å². The number of aliphatic hydroxyl groups is 1. The van der Waals surface area contributed by atoms with Crippen molar-refractivity contribution in [3.63, 3.8) is 0 Å². The first kappa shape index (κ1) is 26.5. The SMILES string of the molecule is COCCN1CCC(C(CNC(O)Nc2ccc(F)c(Cl)c2)c2ccc(-c3cccnc3)cc2)CC1. The molecule has 0 radical (unpaired) electrons. The molecule has 3 N–H and O–H groups in total. The topological polar surface area (TPSA) is 69.7 Å². The maximum atomic E-state index is 13.5. The van der Waals surface area contributed by atoms with E-state index >= 15 is 0 Å². The van der Waals surface area contributed by atoms with E-state index in [1.807, 2.05) is 12.3 Å². The molecule has 1 saturated heterocycles. The van der Waals surface area contributed by atoms with Gasteiger partial charge in [0.1, 0.15) is 5.82 Å². The van der Waals surface area contributed by atoms with Gasteiger partial charge in [0.2, 0.25) is 0 Å². The number of anilines is 1. The fourth-order valence-corrected chi connectivity index (χ4v) is 5.03. The summed E-state index contributed by atoms with van der Waals surface area (Å²) >= 11 is 5.87. The van der Waals surface area contributed by atoms with E-state index in [2.05, 4.69) is 50.8 Å². The molecular formula is C28H34ClFN4O2. The minimum atomic E-state index is -0.995. The van der Waals surface area contributed by atoms with Crippen LogP contribution in [0.25, 0.3) is 11.1 Å². The van der Waals surface area contributed by atoms with Crippen molar-refractivity contribution in [2.75, 3.05) is 45.2 Å². The van der Waals surface area contributed by atoms with Gasteiger partial charge in [0, 0.05) is 38.3 Å². The van der Waals surface area contributed by atoms with E-state index in [-0.39, 0.29) is 10.9 Å².